The van der Waals surface area contributed by atoms with Crippen LogP contribution in [0.3, 0.4) is 0 Å². The van der Waals surface area contributed by atoms with Crippen LogP contribution in [-0.4, -0.2) is 34.8 Å². The molecule has 0 aromatic heterocycles. The number of ether oxygens (including phenoxy) is 1. The van der Waals surface area contributed by atoms with Crippen LogP contribution in [0.4, 0.5) is 0 Å². The number of carbonyl (C=O) groups excluding carboxylic acids is 3. The molecule has 0 unspecified atom stereocenters. The summed E-state index contributed by atoms with van der Waals surface area (Å²) >= 11 is 0. The highest BCUT2D eigenvalue weighted by atomic mass is 16.6. The Morgan fingerprint density at radius 3 is 2.18 bits per heavy atom. The van der Waals surface area contributed by atoms with Crippen LogP contribution in [0.5, 0.6) is 0 Å². The lowest BCUT2D eigenvalue weighted by atomic mass is 10.1. The molecule has 17 heavy (non-hydrogen) atoms. The lowest BCUT2D eigenvalue weighted by Crippen LogP contribution is -2.31. The topological polar surface area (TPSA) is 124 Å². The van der Waals surface area contributed by atoms with Crippen molar-refractivity contribution in [3.05, 3.63) is 0 Å². The highest BCUT2D eigenvalue weighted by molar-refractivity contribution is 6.35. The van der Waals surface area contributed by atoms with Gasteiger partial charge in [-0.15, -0.1) is 0 Å². The maximum Gasteiger partial charge on any atom is 0.382 e. The molecule has 0 saturated heterocycles. The lowest BCUT2D eigenvalue weighted by molar-refractivity contribution is -0.165. The summed E-state index contributed by atoms with van der Waals surface area (Å²) < 4.78 is 4.23. The number of hydrogen-bond acceptors (Lipinski definition) is 6. The number of carbonyl (C=O) groups is 4. The molecule has 0 aliphatic heterocycles. The first-order chi connectivity index (χ1) is 7.75. The maximum atomic E-state index is 11.1. The summed E-state index contributed by atoms with van der Waals surface area (Å²) in [5.74, 6) is -4.80. The Kier molecular flexibility index (Phi) is 6.05. The molecule has 0 aliphatic rings. The number of carboxylic acid groups (broad SMARTS) is 1. The Hall–Kier alpha value is -1.76. The Balaban J connectivity index is 4.07. The van der Waals surface area contributed by atoms with Crippen LogP contribution >= 0.6 is 0 Å². The van der Waals surface area contributed by atoms with Crippen LogP contribution in [0.1, 0.15) is 26.7 Å². The Morgan fingerprint density at radius 2 is 1.76 bits per heavy atom. The molecule has 3 N–H and O–H groups in total. The van der Waals surface area contributed by atoms with Gasteiger partial charge in [0.05, 0.1) is 0 Å². The molecule has 96 valence electrons. The molecule has 1 atom stereocenters. The van der Waals surface area contributed by atoms with E-state index in [1.54, 1.807) is 0 Å². The summed E-state index contributed by atoms with van der Waals surface area (Å²) in [4.78, 5) is 43.5. The first-order valence-electron chi connectivity index (χ1n) is 5.03. The summed E-state index contributed by atoms with van der Waals surface area (Å²) in [6, 6.07) is -1.20. The van der Waals surface area contributed by atoms with Gasteiger partial charge in [-0.25, -0.2) is 4.79 Å². The highest BCUT2D eigenvalue weighted by Gasteiger charge is 2.23. The molecule has 0 aromatic carbocycles. The molecular weight excluding hydrogens is 230 g/mol. The van der Waals surface area contributed by atoms with Gasteiger partial charge in [0.25, 0.3) is 0 Å². The smallest absolute Gasteiger partial charge is 0.382 e. The van der Waals surface area contributed by atoms with Gasteiger partial charge in [-0.1, -0.05) is 13.8 Å². The third-order valence-electron chi connectivity index (χ3n) is 1.91. The van der Waals surface area contributed by atoms with E-state index in [0.29, 0.717) is 0 Å². The summed E-state index contributed by atoms with van der Waals surface area (Å²) in [7, 11) is 0. The van der Waals surface area contributed by atoms with Crippen molar-refractivity contribution in [1.82, 2.24) is 0 Å². The van der Waals surface area contributed by atoms with Crippen molar-refractivity contribution < 1.29 is 29.0 Å². The lowest BCUT2D eigenvalue weighted by Gasteiger charge is -2.06. The number of hydrogen-bond donors (Lipinski definition) is 2. The molecular formula is C10H15NO6. The largest absolute Gasteiger partial charge is 0.480 e. The summed E-state index contributed by atoms with van der Waals surface area (Å²) in [5, 5.41) is 8.44. The van der Waals surface area contributed by atoms with Gasteiger partial charge in [-0.3, -0.25) is 14.4 Å². The second-order valence-corrected chi connectivity index (χ2v) is 3.76. The van der Waals surface area contributed by atoms with E-state index < -0.39 is 35.7 Å². The van der Waals surface area contributed by atoms with E-state index in [1.165, 1.54) is 13.8 Å². The van der Waals surface area contributed by atoms with Crippen molar-refractivity contribution in [2.45, 2.75) is 32.7 Å². The molecule has 0 spiro atoms. The molecule has 0 aliphatic carbocycles. The average molecular weight is 245 g/mol. The number of rotatable bonds is 6. The van der Waals surface area contributed by atoms with Gasteiger partial charge in [0.1, 0.15) is 6.04 Å². The van der Waals surface area contributed by atoms with Crippen molar-refractivity contribution in [2.24, 2.45) is 11.7 Å². The number of nitrogens with two attached hydrogens (primary N) is 1. The van der Waals surface area contributed by atoms with Gasteiger partial charge < -0.3 is 15.6 Å². The predicted molar refractivity (Wildman–Crippen MR) is 55.8 cm³/mol. The zero-order valence-corrected chi connectivity index (χ0v) is 9.63. The van der Waals surface area contributed by atoms with Gasteiger partial charge in [0, 0.05) is 12.3 Å². The van der Waals surface area contributed by atoms with Crippen LogP contribution in [-0.2, 0) is 23.9 Å². The number of Topliss-reactive ketones (excluding diaryl/α,β-unsaturated/α-hetero) is 1. The number of ketones is 1. The van der Waals surface area contributed by atoms with Crippen LogP contribution in [0.15, 0.2) is 0 Å². The Labute approximate surface area is 97.9 Å². The van der Waals surface area contributed by atoms with E-state index in [0.717, 1.165) is 0 Å². The Morgan fingerprint density at radius 1 is 1.24 bits per heavy atom. The van der Waals surface area contributed by atoms with Gasteiger partial charge in [-0.05, 0) is 6.42 Å². The molecule has 0 saturated carbocycles. The van der Waals surface area contributed by atoms with Crippen molar-refractivity contribution in [2.75, 3.05) is 0 Å². The van der Waals surface area contributed by atoms with Crippen molar-refractivity contribution in [3.63, 3.8) is 0 Å². The third kappa shape index (κ3) is 5.76. The highest BCUT2D eigenvalue weighted by Crippen LogP contribution is 2.01. The van der Waals surface area contributed by atoms with Crippen molar-refractivity contribution in [1.29, 1.82) is 0 Å². The molecule has 0 heterocycles. The zero-order valence-electron chi connectivity index (χ0n) is 9.63. The van der Waals surface area contributed by atoms with E-state index in [9.17, 15) is 19.2 Å². The molecule has 0 fully saturated rings. The minimum atomic E-state index is -1.25. The summed E-state index contributed by atoms with van der Waals surface area (Å²) in [5.41, 5.74) is 5.14. The fraction of sp³-hybridized carbons (Fsp3) is 0.600. The molecule has 0 rings (SSSR count). The van der Waals surface area contributed by atoms with Gasteiger partial charge in [-0.2, -0.15) is 0 Å². The quantitative estimate of drug-likeness (QED) is 0.366. The molecule has 0 aromatic rings. The van der Waals surface area contributed by atoms with Gasteiger partial charge in [0.15, 0.2) is 0 Å². The molecule has 7 heteroatoms. The summed E-state index contributed by atoms with van der Waals surface area (Å²) in [6.45, 7) is 2.99. The van der Waals surface area contributed by atoms with Gasteiger partial charge >= 0.3 is 17.9 Å². The molecule has 0 bridgehead atoms. The molecule has 0 amide bonds. The zero-order chi connectivity index (χ0) is 13.6. The van der Waals surface area contributed by atoms with Crippen molar-refractivity contribution in [3.8, 4) is 0 Å². The van der Waals surface area contributed by atoms with E-state index >= 15 is 0 Å². The first kappa shape index (κ1) is 15.2. The second-order valence-electron chi connectivity index (χ2n) is 3.76. The van der Waals surface area contributed by atoms with E-state index in [1.807, 2.05) is 0 Å². The average Bonchev–Trinajstić information content (AvgIpc) is 2.24. The number of carboxylic acids is 1. The SMILES string of the molecule is CC(C)C(=O)C(=O)OC(=O)CC[C@H](N)C(=O)O. The third-order valence-corrected chi connectivity index (χ3v) is 1.91. The molecule has 7 nitrogen and oxygen atoms in total. The number of aliphatic carboxylic acids is 1. The Bertz CT molecular complexity index is 336. The monoisotopic (exact) mass is 245 g/mol. The van der Waals surface area contributed by atoms with Crippen LogP contribution in [0.25, 0.3) is 0 Å². The maximum absolute atomic E-state index is 11.1. The normalized spacial score (nSPS) is 12.0. The van der Waals surface area contributed by atoms with E-state index in [4.69, 9.17) is 10.8 Å². The predicted octanol–water partition coefficient (Wildman–Crippen LogP) is -0.527. The first-order valence-corrected chi connectivity index (χ1v) is 5.03. The van der Waals surface area contributed by atoms with E-state index in [2.05, 4.69) is 4.74 Å². The summed E-state index contributed by atoms with van der Waals surface area (Å²) in [6.07, 6.45) is -0.484. The molecule has 0 radical (unpaired) electrons. The minimum Gasteiger partial charge on any atom is -0.480 e. The standard InChI is InChI=1S/C10H15NO6/c1-5(2)8(13)10(16)17-7(12)4-3-6(11)9(14)15/h5-6H,3-4,11H2,1-2H3,(H,14,15)/t6-/m0/s1. The minimum absolute atomic E-state index is 0.155. The van der Waals surface area contributed by atoms with Crippen LogP contribution in [0, 0.1) is 5.92 Å². The van der Waals surface area contributed by atoms with Crippen LogP contribution in [0.2, 0.25) is 0 Å². The fourth-order valence-corrected chi connectivity index (χ4v) is 0.837. The van der Waals surface area contributed by atoms with Gasteiger partial charge in [0.2, 0.25) is 5.78 Å². The second kappa shape index (κ2) is 6.74. The number of esters is 2. The van der Waals surface area contributed by atoms with E-state index in [-0.39, 0.29) is 12.8 Å². The fourth-order valence-electron chi connectivity index (χ4n) is 0.837. The van der Waals surface area contributed by atoms with Crippen molar-refractivity contribution >= 4 is 23.7 Å². The van der Waals surface area contributed by atoms with Crippen LogP contribution < -0.4 is 5.73 Å².